The van der Waals surface area contributed by atoms with Crippen LogP contribution in [0.25, 0.3) is 11.4 Å². The van der Waals surface area contributed by atoms with E-state index in [9.17, 15) is 32.7 Å². The minimum atomic E-state index is -4.61. The lowest BCUT2D eigenvalue weighted by atomic mass is 10.0. The summed E-state index contributed by atoms with van der Waals surface area (Å²) in [6.45, 7) is 4.28. The van der Waals surface area contributed by atoms with Crippen molar-refractivity contribution >= 4 is 46.1 Å². The summed E-state index contributed by atoms with van der Waals surface area (Å²) in [6, 6.07) is 2.27. The Bertz CT molecular complexity index is 2060. The molecule has 0 saturated carbocycles. The molecule has 2 aliphatic heterocycles. The van der Waals surface area contributed by atoms with Crippen LogP contribution in [-0.4, -0.2) is 90.3 Å². The minimum absolute atomic E-state index is 0.0206. The topological polar surface area (TPSA) is 160 Å². The van der Waals surface area contributed by atoms with E-state index in [0.29, 0.717) is 31.2 Å². The number of alkyl halides is 3. The summed E-state index contributed by atoms with van der Waals surface area (Å²) in [6.07, 6.45) is -0.796. The summed E-state index contributed by atoms with van der Waals surface area (Å²) in [4.78, 5) is 56.3. The van der Waals surface area contributed by atoms with Gasteiger partial charge < -0.3 is 29.5 Å². The van der Waals surface area contributed by atoms with E-state index in [1.807, 2.05) is 6.08 Å². The number of benzene rings is 1. The molecule has 3 aromatic heterocycles. The molecule has 5 heterocycles. The Kier molecular flexibility index (Phi) is 9.06. The molecule has 2 aliphatic rings. The first-order valence-electron chi connectivity index (χ1n) is 15.3. The second-order valence-electron chi connectivity index (χ2n) is 11.6. The second kappa shape index (κ2) is 13.1. The number of anilines is 2. The van der Waals surface area contributed by atoms with Gasteiger partial charge in [0, 0.05) is 20.1 Å². The van der Waals surface area contributed by atoms with Gasteiger partial charge in [-0.1, -0.05) is 24.6 Å². The number of hydrogen-bond donors (Lipinski definition) is 2. The highest BCUT2D eigenvalue weighted by Crippen LogP contribution is 2.34. The smallest absolute Gasteiger partial charge is 0.416 e. The van der Waals surface area contributed by atoms with E-state index in [-0.39, 0.29) is 71.4 Å². The molecule has 2 amide bonds. The van der Waals surface area contributed by atoms with Crippen LogP contribution in [-0.2, 0) is 28.7 Å². The number of carbonyl (C=O) groups excluding carboxylic acids is 2. The summed E-state index contributed by atoms with van der Waals surface area (Å²) in [5, 5.41) is 17.1. The zero-order valence-electron chi connectivity index (χ0n) is 26.6. The van der Waals surface area contributed by atoms with Crippen molar-refractivity contribution in [3.05, 3.63) is 74.4 Å². The van der Waals surface area contributed by atoms with Gasteiger partial charge in [-0.25, -0.2) is 9.97 Å². The Hall–Kier alpha value is -5.03. The van der Waals surface area contributed by atoms with Crippen molar-refractivity contribution in [3.63, 3.8) is 0 Å². The van der Waals surface area contributed by atoms with Crippen LogP contribution < -0.4 is 15.8 Å². The summed E-state index contributed by atoms with van der Waals surface area (Å²) in [5.74, 6) is -1.06. The van der Waals surface area contributed by atoms with Crippen molar-refractivity contribution in [1.29, 1.82) is 0 Å². The minimum Gasteiger partial charge on any atom is -0.504 e. The zero-order chi connectivity index (χ0) is 35.2. The lowest BCUT2D eigenvalue weighted by molar-refractivity contribution is -0.137. The number of halogens is 4. The Balaban J connectivity index is 1.34. The van der Waals surface area contributed by atoms with E-state index >= 15 is 0 Å². The predicted molar refractivity (Wildman–Crippen MR) is 172 cm³/mol. The van der Waals surface area contributed by atoms with Gasteiger partial charge in [-0.3, -0.25) is 14.4 Å². The van der Waals surface area contributed by atoms with Gasteiger partial charge in [-0.2, -0.15) is 22.7 Å². The Morgan fingerprint density at radius 3 is 2.63 bits per heavy atom. The molecule has 0 radical (unpaired) electrons. The first-order valence-corrected chi connectivity index (χ1v) is 15.6. The van der Waals surface area contributed by atoms with Crippen molar-refractivity contribution in [2.24, 2.45) is 0 Å². The highest BCUT2D eigenvalue weighted by Gasteiger charge is 2.38. The molecule has 1 saturated heterocycles. The summed E-state index contributed by atoms with van der Waals surface area (Å²) in [7, 11) is 1.57. The molecular formula is C31H31ClF3N9O5. The highest BCUT2D eigenvalue weighted by molar-refractivity contribution is 6.33. The molecule has 18 heteroatoms. The number of likely N-dealkylation sites (N-methyl/N-ethyl adjacent to an activating group) is 1. The van der Waals surface area contributed by atoms with E-state index in [1.165, 1.54) is 11.2 Å². The van der Waals surface area contributed by atoms with Crippen LogP contribution >= 0.6 is 11.6 Å². The van der Waals surface area contributed by atoms with Crippen LogP contribution in [0.15, 0.2) is 35.4 Å². The normalized spacial score (nSPS) is 15.2. The van der Waals surface area contributed by atoms with E-state index in [2.05, 4.69) is 25.4 Å². The maximum absolute atomic E-state index is 14.1. The van der Waals surface area contributed by atoms with Crippen molar-refractivity contribution in [2.45, 2.75) is 45.5 Å². The summed E-state index contributed by atoms with van der Waals surface area (Å²) >= 11 is 6.09. The molecule has 14 nitrogen and oxygen atoms in total. The molecule has 0 bridgehead atoms. The van der Waals surface area contributed by atoms with Gasteiger partial charge in [0.25, 0.3) is 11.5 Å². The maximum Gasteiger partial charge on any atom is 0.416 e. The van der Waals surface area contributed by atoms with Gasteiger partial charge in [-0.05, 0) is 43.5 Å². The molecular weight excluding hydrogens is 671 g/mol. The molecule has 0 spiro atoms. The monoisotopic (exact) mass is 701 g/mol. The molecule has 0 atom stereocenters. The second-order valence-corrected chi connectivity index (χ2v) is 12.0. The van der Waals surface area contributed by atoms with Crippen molar-refractivity contribution in [2.75, 3.05) is 43.6 Å². The number of aromatic nitrogens is 6. The first kappa shape index (κ1) is 33.9. The highest BCUT2D eigenvalue weighted by atomic mass is 35.5. The average molecular weight is 702 g/mol. The molecule has 49 heavy (non-hydrogen) atoms. The van der Waals surface area contributed by atoms with Crippen molar-refractivity contribution < 1.29 is 32.6 Å². The van der Waals surface area contributed by atoms with Crippen LogP contribution in [0.2, 0.25) is 5.02 Å². The maximum atomic E-state index is 14.1. The Morgan fingerprint density at radius 1 is 1.22 bits per heavy atom. The number of rotatable bonds is 8. The fraction of sp³-hybridized carbons (Fsp3) is 0.387. The zero-order valence-corrected chi connectivity index (χ0v) is 27.3. The third-order valence-corrected chi connectivity index (χ3v) is 8.85. The molecule has 1 fully saturated rings. The summed E-state index contributed by atoms with van der Waals surface area (Å²) < 4.78 is 47.6. The number of aryl methyl sites for hydroxylation is 1. The van der Waals surface area contributed by atoms with Crippen molar-refractivity contribution in [3.8, 4) is 5.75 Å². The molecule has 4 aromatic rings. The molecule has 1 aromatic carbocycles. The number of nitrogens with zero attached hydrogens (tertiary/aromatic N) is 8. The van der Waals surface area contributed by atoms with Crippen LogP contribution in [0.3, 0.4) is 0 Å². The number of nitrogens with one attached hydrogen (secondary N) is 1. The van der Waals surface area contributed by atoms with Crippen molar-refractivity contribution in [1.82, 2.24) is 34.0 Å². The Morgan fingerprint density at radius 2 is 1.98 bits per heavy atom. The number of amides is 2. The molecule has 0 aliphatic carbocycles. The third-order valence-electron chi connectivity index (χ3n) is 8.54. The number of hydrogen-bond acceptors (Lipinski definition) is 10. The molecule has 0 unspecified atom stereocenters. The number of ether oxygens (including phenoxy) is 1. The van der Waals surface area contributed by atoms with E-state index in [1.54, 1.807) is 30.4 Å². The molecule has 2 N–H and O–H groups in total. The van der Waals surface area contributed by atoms with Crippen LogP contribution in [0, 0.1) is 6.92 Å². The van der Waals surface area contributed by atoms with E-state index < -0.39 is 29.1 Å². The lowest BCUT2D eigenvalue weighted by Gasteiger charge is -2.45. The Labute approximate surface area is 281 Å². The lowest BCUT2D eigenvalue weighted by Crippen LogP contribution is -2.61. The number of fused-ring (bicyclic) bond motifs is 1. The van der Waals surface area contributed by atoms with Crippen LogP contribution in [0.5, 0.6) is 5.75 Å². The average Bonchev–Trinajstić information content (AvgIpc) is 3.50. The van der Waals surface area contributed by atoms with Gasteiger partial charge in [0.1, 0.15) is 18.6 Å². The predicted octanol–water partition coefficient (Wildman–Crippen LogP) is 3.33. The summed E-state index contributed by atoms with van der Waals surface area (Å²) in [5.41, 5.74) is 0.157. The van der Waals surface area contributed by atoms with Gasteiger partial charge in [0.05, 0.1) is 46.9 Å². The first-order chi connectivity index (χ1) is 23.3. The van der Waals surface area contributed by atoms with Crippen LogP contribution in [0.1, 0.15) is 46.6 Å². The van der Waals surface area contributed by atoms with E-state index in [0.717, 1.165) is 28.3 Å². The third kappa shape index (κ3) is 6.42. The molecule has 258 valence electrons. The van der Waals surface area contributed by atoms with Gasteiger partial charge in [-0.15, -0.1) is 5.10 Å². The largest absolute Gasteiger partial charge is 0.504 e. The fourth-order valence-corrected chi connectivity index (χ4v) is 5.99. The fourth-order valence-electron chi connectivity index (χ4n) is 5.76. The van der Waals surface area contributed by atoms with Gasteiger partial charge in [0.2, 0.25) is 11.7 Å². The number of carbonyl (C=O) groups is 2. The van der Waals surface area contributed by atoms with Crippen LogP contribution in [0.4, 0.5) is 24.5 Å². The standard InChI is InChI=1S/C31H31ClF3N9O5/c1-4-22-25(42-12-19(13-42)41(3)28(47)24-26(46)16(2)36-15-37-24)29(48)44-30(39-27(40-44)17-7-9-49-10-8-17)43(22)14-23(45)38-21-6-5-18(11-20(21)32)31(33,34)35/h5-7,11,15,19,46H,4,8-10,12-14H2,1-3H3,(H,38,45). The number of aromatic hydroxyl groups is 1. The molecule has 6 rings (SSSR count). The van der Waals surface area contributed by atoms with Gasteiger partial charge >= 0.3 is 6.18 Å². The van der Waals surface area contributed by atoms with Gasteiger partial charge in [0.15, 0.2) is 17.3 Å². The SMILES string of the molecule is CCc1c(N2CC(N(C)C(=O)c3ncnc(C)c3O)C2)c(=O)n2nc(C3=CCOCC3)nc2n1CC(=O)Nc1ccc(C(F)(F)F)cc1Cl. The van der Waals surface area contributed by atoms with E-state index in [4.69, 9.17) is 16.3 Å². The quantitative estimate of drug-likeness (QED) is 0.279.